The lowest BCUT2D eigenvalue weighted by Crippen LogP contribution is -2.26. The van der Waals surface area contributed by atoms with E-state index in [1.54, 1.807) is 0 Å². The van der Waals surface area contributed by atoms with E-state index in [1.165, 1.54) is 19.3 Å². The SMILES string of the molecule is CCCCCCNCC(O)O. The highest BCUT2D eigenvalue weighted by Crippen LogP contribution is 1.96. The Labute approximate surface area is 68.4 Å². The molecule has 3 N–H and O–H groups in total. The molecule has 0 saturated heterocycles. The normalized spacial score (nSPS) is 10.9. The maximum Gasteiger partial charge on any atom is 0.164 e. The Hall–Kier alpha value is -0.120. The molecule has 0 aliphatic heterocycles. The minimum absolute atomic E-state index is 0.284. The zero-order valence-corrected chi connectivity index (χ0v) is 7.21. The van der Waals surface area contributed by atoms with Crippen molar-refractivity contribution in [3.05, 3.63) is 0 Å². The number of rotatable bonds is 7. The fourth-order valence-corrected chi connectivity index (χ4v) is 0.908. The topological polar surface area (TPSA) is 52.5 Å². The van der Waals surface area contributed by atoms with Gasteiger partial charge in [0.1, 0.15) is 0 Å². The van der Waals surface area contributed by atoms with Crippen molar-refractivity contribution >= 4 is 0 Å². The van der Waals surface area contributed by atoms with Gasteiger partial charge in [0.15, 0.2) is 6.29 Å². The molecule has 11 heavy (non-hydrogen) atoms. The molecule has 0 saturated carbocycles. The molecule has 0 aliphatic rings. The van der Waals surface area contributed by atoms with Gasteiger partial charge in [0, 0.05) is 6.54 Å². The summed E-state index contributed by atoms with van der Waals surface area (Å²) in [7, 11) is 0. The first-order chi connectivity index (χ1) is 5.27. The van der Waals surface area contributed by atoms with Gasteiger partial charge in [-0.15, -0.1) is 0 Å². The van der Waals surface area contributed by atoms with E-state index in [0.29, 0.717) is 0 Å². The fourth-order valence-electron chi connectivity index (χ4n) is 0.908. The second kappa shape index (κ2) is 7.98. The average molecular weight is 161 g/mol. The van der Waals surface area contributed by atoms with Crippen molar-refractivity contribution in [1.82, 2.24) is 5.32 Å². The zero-order valence-electron chi connectivity index (χ0n) is 7.21. The highest BCUT2D eigenvalue weighted by molar-refractivity contribution is 4.48. The summed E-state index contributed by atoms with van der Waals surface area (Å²) >= 11 is 0. The number of nitrogens with one attached hydrogen (secondary N) is 1. The largest absolute Gasteiger partial charge is 0.367 e. The quantitative estimate of drug-likeness (QED) is 0.376. The molecule has 0 atom stereocenters. The summed E-state index contributed by atoms with van der Waals surface area (Å²) in [5.41, 5.74) is 0. The molecule has 0 bridgehead atoms. The van der Waals surface area contributed by atoms with Crippen molar-refractivity contribution in [3.8, 4) is 0 Å². The van der Waals surface area contributed by atoms with Crippen molar-refractivity contribution in [1.29, 1.82) is 0 Å². The summed E-state index contributed by atoms with van der Waals surface area (Å²) in [6.07, 6.45) is 3.65. The van der Waals surface area contributed by atoms with E-state index in [0.717, 1.165) is 13.0 Å². The van der Waals surface area contributed by atoms with Crippen LogP contribution in [0.15, 0.2) is 0 Å². The Morgan fingerprint density at radius 2 is 1.91 bits per heavy atom. The second-order valence-corrected chi connectivity index (χ2v) is 2.75. The van der Waals surface area contributed by atoms with Crippen LogP contribution in [-0.4, -0.2) is 29.6 Å². The van der Waals surface area contributed by atoms with Crippen molar-refractivity contribution < 1.29 is 10.2 Å². The monoisotopic (exact) mass is 161 g/mol. The molecule has 0 aromatic heterocycles. The number of unbranched alkanes of at least 4 members (excludes halogenated alkanes) is 3. The van der Waals surface area contributed by atoms with Crippen LogP contribution in [-0.2, 0) is 0 Å². The summed E-state index contributed by atoms with van der Waals surface area (Å²) in [5, 5.41) is 19.8. The minimum atomic E-state index is -1.21. The number of hydrogen-bond acceptors (Lipinski definition) is 3. The molecule has 0 radical (unpaired) electrons. The predicted octanol–water partition coefficient (Wildman–Crippen LogP) is 0.467. The van der Waals surface area contributed by atoms with Crippen molar-refractivity contribution in [2.45, 2.75) is 38.9 Å². The molecule has 0 rings (SSSR count). The van der Waals surface area contributed by atoms with Crippen LogP contribution < -0.4 is 5.32 Å². The van der Waals surface area contributed by atoms with Crippen molar-refractivity contribution in [3.63, 3.8) is 0 Å². The van der Waals surface area contributed by atoms with Crippen molar-refractivity contribution in [2.75, 3.05) is 13.1 Å². The fraction of sp³-hybridized carbons (Fsp3) is 1.00. The molecule has 0 spiro atoms. The van der Waals surface area contributed by atoms with Crippen molar-refractivity contribution in [2.24, 2.45) is 0 Å². The van der Waals surface area contributed by atoms with E-state index in [-0.39, 0.29) is 6.54 Å². The Bertz CT molecular complexity index is 76.5. The molecule has 3 nitrogen and oxygen atoms in total. The van der Waals surface area contributed by atoms with Crippen LogP contribution in [0.1, 0.15) is 32.6 Å². The molecular weight excluding hydrogens is 142 g/mol. The average Bonchev–Trinajstić information content (AvgIpc) is 1.96. The summed E-state index contributed by atoms with van der Waals surface area (Å²) in [5.74, 6) is 0. The van der Waals surface area contributed by atoms with E-state index in [2.05, 4.69) is 12.2 Å². The first kappa shape index (κ1) is 10.9. The van der Waals surface area contributed by atoms with Gasteiger partial charge in [-0.05, 0) is 13.0 Å². The lowest BCUT2D eigenvalue weighted by atomic mass is 10.2. The van der Waals surface area contributed by atoms with E-state index in [4.69, 9.17) is 10.2 Å². The van der Waals surface area contributed by atoms with Gasteiger partial charge in [-0.2, -0.15) is 0 Å². The van der Waals surface area contributed by atoms with E-state index in [9.17, 15) is 0 Å². The molecule has 0 amide bonds. The molecule has 0 aromatic carbocycles. The third-order valence-electron chi connectivity index (χ3n) is 1.53. The third kappa shape index (κ3) is 9.88. The number of aliphatic hydroxyl groups excluding tert-OH is 1. The Morgan fingerprint density at radius 3 is 2.45 bits per heavy atom. The lowest BCUT2D eigenvalue weighted by molar-refractivity contribution is -0.0370. The minimum Gasteiger partial charge on any atom is -0.367 e. The Morgan fingerprint density at radius 1 is 1.18 bits per heavy atom. The molecule has 0 unspecified atom stereocenters. The standard InChI is InChI=1S/C8H19NO2/c1-2-3-4-5-6-9-7-8(10)11/h8-11H,2-7H2,1H3. The van der Waals surface area contributed by atoms with Gasteiger partial charge in [-0.25, -0.2) is 0 Å². The van der Waals surface area contributed by atoms with Crippen LogP contribution in [0.5, 0.6) is 0 Å². The Kier molecular flexibility index (Phi) is 7.89. The summed E-state index contributed by atoms with van der Waals surface area (Å²) < 4.78 is 0. The van der Waals surface area contributed by atoms with Gasteiger partial charge >= 0.3 is 0 Å². The van der Waals surface area contributed by atoms with Gasteiger partial charge in [-0.3, -0.25) is 0 Å². The first-order valence-corrected chi connectivity index (χ1v) is 4.34. The molecule has 0 aliphatic carbocycles. The van der Waals surface area contributed by atoms with Gasteiger partial charge in [0.25, 0.3) is 0 Å². The molecule has 68 valence electrons. The maximum absolute atomic E-state index is 8.45. The van der Waals surface area contributed by atoms with Crippen LogP contribution in [0.2, 0.25) is 0 Å². The highest BCUT2D eigenvalue weighted by Gasteiger charge is 1.94. The first-order valence-electron chi connectivity index (χ1n) is 4.34. The highest BCUT2D eigenvalue weighted by atomic mass is 16.5. The van der Waals surface area contributed by atoms with Gasteiger partial charge in [0.05, 0.1) is 0 Å². The van der Waals surface area contributed by atoms with E-state index >= 15 is 0 Å². The maximum atomic E-state index is 8.45. The molecule has 0 fully saturated rings. The second-order valence-electron chi connectivity index (χ2n) is 2.75. The van der Waals surface area contributed by atoms with Gasteiger partial charge in [-0.1, -0.05) is 26.2 Å². The Balaban J connectivity index is 2.80. The summed E-state index contributed by atoms with van der Waals surface area (Å²) in [4.78, 5) is 0. The predicted molar refractivity (Wildman–Crippen MR) is 45.2 cm³/mol. The molecule has 3 heteroatoms. The molecular formula is C8H19NO2. The summed E-state index contributed by atoms with van der Waals surface area (Å²) in [6.45, 7) is 3.34. The van der Waals surface area contributed by atoms with Gasteiger partial charge < -0.3 is 15.5 Å². The van der Waals surface area contributed by atoms with Crippen LogP contribution in [0.25, 0.3) is 0 Å². The van der Waals surface area contributed by atoms with Crippen LogP contribution in [0, 0.1) is 0 Å². The van der Waals surface area contributed by atoms with Crippen LogP contribution >= 0.6 is 0 Å². The zero-order chi connectivity index (χ0) is 8.53. The summed E-state index contributed by atoms with van der Waals surface area (Å²) in [6, 6.07) is 0. The molecule has 0 heterocycles. The molecule has 0 aromatic rings. The number of hydrogen-bond donors (Lipinski definition) is 3. The number of aliphatic hydroxyl groups is 2. The van der Waals surface area contributed by atoms with Gasteiger partial charge in [0.2, 0.25) is 0 Å². The van der Waals surface area contributed by atoms with E-state index < -0.39 is 6.29 Å². The third-order valence-corrected chi connectivity index (χ3v) is 1.53. The van der Waals surface area contributed by atoms with E-state index in [1.807, 2.05) is 0 Å². The smallest absolute Gasteiger partial charge is 0.164 e. The lowest BCUT2D eigenvalue weighted by Gasteiger charge is -2.04. The van der Waals surface area contributed by atoms with Crippen LogP contribution in [0.4, 0.5) is 0 Å². The van der Waals surface area contributed by atoms with Crippen LogP contribution in [0.3, 0.4) is 0 Å².